The van der Waals surface area contributed by atoms with E-state index in [9.17, 15) is 4.79 Å². The van der Waals surface area contributed by atoms with E-state index in [1.807, 2.05) is 42.5 Å². The molecule has 1 aliphatic rings. The zero-order valence-corrected chi connectivity index (χ0v) is 19.8. The van der Waals surface area contributed by atoms with E-state index in [1.54, 1.807) is 6.21 Å². The Morgan fingerprint density at radius 3 is 2.57 bits per heavy atom. The number of amides is 1. The fourth-order valence-electron chi connectivity index (χ4n) is 4.22. The lowest BCUT2D eigenvalue weighted by atomic mass is 9.99. The van der Waals surface area contributed by atoms with Gasteiger partial charge >= 0.3 is 0 Å². The van der Waals surface area contributed by atoms with Crippen molar-refractivity contribution in [3.05, 3.63) is 84.9 Å². The minimum Gasteiger partial charge on any atom is -0.381 e. The van der Waals surface area contributed by atoms with Gasteiger partial charge in [0.1, 0.15) is 6.34 Å². The highest BCUT2D eigenvalue weighted by Gasteiger charge is 2.19. The number of nitrogens with one attached hydrogen (secondary N) is 4. The molecule has 1 aliphatic heterocycles. The fraction of sp³-hybridized carbons (Fsp3) is 0.179. The van der Waals surface area contributed by atoms with Gasteiger partial charge in [0.15, 0.2) is 0 Å². The number of anilines is 4. The molecule has 3 aromatic rings. The molecular weight excluding hydrogens is 436 g/mol. The first kappa shape index (κ1) is 23.9. The number of hydrogen-bond acceptors (Lipinski definition) is 5. The normalized spacial score (nSPS) is 15.6. The molecular formula is C28H30N6O. The zero-order valence-electron chi connectivity index (χ0n) is 19.8. The zero-order chi connectivity index (χ0) is 24.6. The molecule has 1 heterocycles. The van der Waals surface area contributed by atoms with Crippen molar-refractivity contribution in [2.45, 2.75) is 12.5 Å². The van der Waals surface area contributed by atoms with Gasteiger partial charge in [0.2, 0.25) is 5.91 Å². The van der Waals surface area contributed by atoms with Gasteiger partial charge in [-0.15, -0.1) is 0 Å². The lowest BCUT2D eigenvalue weighted by Crippen LogP contribution is -2.23. The number of aliphatic imine (C=N–C) groups is 1. The number of carbonyl (C=O) groups is 1. The van der Waals surface area contributed by atoms with Crippen LogP contribution in [-0.4, -0.2) is 49.5 Å². The van der Waals surface area contributed by atoms with Crippen LogP contribution in [-0.2, 0) is 4.79 Å². The van der Waals surface area contributed by atoms with Crippen LogP contribution in [0.25, 0.3) is 11.1 Å². The van der Waals surface area contributed by atoms with Gasteiger partial charge < -0.3 is 20.9 Å². The number of nitrogens with zero attached hydrogens (tertiary/aromatic N) is 2. The first-order chi connectivity index (χ1) is 17.1. The maximum atomic E-state index is 11.8. The lowest BCUT2D eigenvalue weighted by Gasteiger charge is -2.17. The average Bonchev–Trinajstić information content (AvgIpc) is 3.28. The van der Waals surface area contributed by atoms with E-state index in [-0.39, 0.29) is 5.91 Å². The summed E-state index contributed by atoms with van der Waals surface area (Å²) in [7, 11) is 2.15. The molecule has 0 aromatic heterocycles. The molecule has 0 saturated carbocycles. The highest BCUT2D eigenvalue weighted by Crippen LogP contribution is 2.34. The minimum absolute atomic E-state index is 0.259. The van der Waals surface area contributed by atoms with E-state index in [4.69, 9.17) is 5.41 Å². The second kappa shape index (κ2) is 11.3. The predicted octanol–water partition coefficient (Wildman–Crippen LogP) is 5.36. The number of benzene rings is 3. The Labute approximate surface area is 206 Å². The van der Waals surface area contributed by atoms with E-state index < -0.39 is 0 Å². The summed E-state index contributed by atoms with van der Waals surface area (Å²) in [5.41, 5.74) is 6.32. The molecule has 35 heavy (non-hydrogen) atoms. The first-order valence-electron chi connectivity index (χ1n) is 11.6. The van der Waals surface area contributed by atoms with E-state index in [0.29, 0.717) is 11.7 Å². The van der Waals surface area contributed by atoms with Gasteiger partial charge in [-0.25, -0.2) is 4.99 Å². The Bertz CT molecular complexity index is 1230. The number of carbonyl (C=O) groups excluding carboxylic acids is 1. The summed E-state index contributed by atoms with van der Waals surface area (Å²) in [6, 6.07) is 22.3. The van der Waals surface area contributed by atoms with Gasteiger partial charge in [-0.05, 0) is 68.1 Å². The molecule has 0 bridgehead atoms. The highest BCUT2D eigenvalue weighted by atomic mass is 16.1. The third-order valence-corrected chi connectivity index (χ3v) is 5.93. The van der Waals surface area contributed by atoms with Crippen molar-refractivity contribution in [2.24, 2.45) is 4.99 Å². The SMILES string of the molecule is C=CC(=O)Nc1cccc(-c2cccc(C=NC=N)c2Nc2ccc(NC3CCN(C)C3)cc2)c1. The third kappa shape index (κ3) is 6.22. The largest absolute Gasteiger partial charge is 0.381 e. The summed E-state index contributed by atoms with van der Waals surface area (Å²) in [6.07, 6.45) is 5.07. The summed E-state index contributed by atoms with van der Waals surface area (Å²) < 4.78 is 0. The summed E-state index contributed by atoms with van der Waals surface area (Å²) in [4.78, 5) is 18.1. The van der Waals surface area contributed by atoms with E-state index in [0.717, 1.165) is 59.6 Å². The second-order valence-electron chi connectivity index (χ2n) is 8.55. The van der Waals surface area contributed by atoms with Gasteiger partial charge in [0, 0.05) is 47.0 Å². The monoisotopic (exact) mass is 466 g/mol. The van der Waals surface area contributed by atoms with Gasteiger partial charge in [-0.3, -0.25) is 10.2 Å². The topological polar surface area (TPSA) is 92.6 Å². The Balaban J connectivity index is 1.63. The van der Waals surface area contributed by atoms with Crippen molar-refractivity contribution in [1.29, 1.82) is 5.41 Å². The molecule has 0 radical (unpaired) electrons. The molecule has 4 N–H and O–H groups in total. The molecule has 1 unspecified atom stereocenters. The van der Waals surface area contributed by atoms with Gasteiger partial charge in [-0.2, -0.15) is 0 Å². The Hall–Kier alpha value is -4.23. The molecule has 178 valence electrons. The van der Waals surface area contributed by atoms with Crippen molar-refractivity contribution in [3.63, 3.8) is 0 Å². The minimum atomic E-state index is -0.259. The van der Waals surface area contributed by atoms with Crippen LogP contribution in [0.1, 0.15) is 12.0 Å². The highest BCUT2D eigenvalue weighted by molar-refractivity contribution is 6.01. The summed E-state index contributed by atoms with van der Waals surface area (Å²) in [6.45, 7) is 5.68. The predicted molar refractivity (Wildman–Crippen MR) is 146 cm³/mol. The summed E-state index contributed by atoms with van der Waals surface area (Å²) >= 11 is 0. The maximum Gasteiger partial charge on any atom is 0.247 e. The average molecular weight is 467 g/mol. The van der Waals surface area contributed by atoms with Crippen molar-refractivity contribution in [3.8, 4) is 11.1 Å². The first-order valence-corrected chi connectivity index (χ1v) is 11.6. The number of likely N-dealkylation sites (N-methyl/N-ethyl adjacent to an activating group) is 1. The number of rotatable bonds is 9. The molecule has 1 saturated heterocycles. The van der Waals surface area contributed by atoms with Crippen molar-refractivity contribution < 1.29 is 4.79 Å². The van der Waals surface area contributed by atoms with Crippen LogP contribution in [0.3, 0.4) is 0 Å². The molecule has 1 atom stereocenters. The molecule has 3 aromatic carbocycles. The third-order valence-electron chi connectivity index (χ3n) is 5.93. The molecule has 0 spiro atoms. The maximum absolute atomic E-state index is 11.8. The quantitative estimate of drug-likeness (QED) is 0.194. The van der Waals surface area contributed by atoms with E-state index in [2.05, 4.69) is 63.7 Å². The summed E-state index contributed by atoms with van der Waals surface area (Å²) in [5.74, 6) is -0.259. The van der Waals surface area contributed by atoms with Gasteiger partial charge in [-0.1, -0.05) is 36.9 Å². The van der Waals surface area contributed by atoms with Crippen LogP contribution in [0.2, 0.25) is 0 Å². The second-order valence-corrected chi connectivity index (χ2v) is 8.55. The molecule has 1 amide bonds. The van der Waals surface area contributed by atoms with E-state index in [1.165, 1.54) is 6.08 Å². The van der Waals surface area contributed by atoms with Gasteiger partial charge in [0.05, 0.1) is 5.69 Å². The molecule has 4 rings (SSSR count). The molecule has 7 nitrogen and oxygen atoms in total. The molecule has 1 fully saturated rings. The van der Waals surface area contributed by atoms with Crippen molar-refractivity contribution >= 4 is 41.2 Å². The van der Waals surface area contributed by atoms with E-state index >= 15 is 0 Å². The van der Waals surface area contributed by atoms with Crippen molar-refractivity contribution in [1.82, 2.24) is 4.90 Å². The van der Waals surface area contributed by atoms with Crippen molar-refractivity contribution in [2.75, 3.05) is 36.1 Å². The Kier molecular flexibility index (Phi) is 7.70. The van der Waals surface area contributed by atoms with Crippen LogP contribution < -0.4 is 16.0 Å². The number of para-hydroxylation sites is 1. The van der Waals surface area contributed by atoms with Crippen LogP contribution in [0.4, 0.5) is 22.7 Å². The molecule has 0 aliphatic carbocycles. The van der Waals surface area contributed by atoms with Gasteiger partial charge in [0.25, 0.3) is 0 Å². The van der Waals surface area contributed by atoms with Crippen LogP contribution in [0, 0.1) is 5.41 Å². The number of hydrogen-bond donors (Lipinski definition) is 4. The number of likely N-dealkylation sites (tertiary alicyclic amines) is 1. The molecule has 7 heteroatoms. The van der Waals surface area contributed by atoms with Crippen LogP contribution in [0.5, 0.6) is 0 Å². The smallest absolute Gasteiger partial charge is 0.247 e. The van der Waals surface area contributed by atoms with Crippen LogP contribution in [0.15, 0.2) is 84.4 Å². The lowest BCUT2D eigenvalue weighted by molar-refractivity contribution is -0.111. The Morgan fingerprint density at radius 1 is 1.09 bits per heavy atom. The summed E-state index contributed by atoms with van der Waals surface area (Å²) in [5, 5.41) is 17.3. The standard InChI is InChI=1S/C28H30N6O/c1-3-27(35)32-24-8-4-6-20(16-24)26-9-5-7-21(17-30-19-29)28(26)33-23-12-10-22(11-13-23)31-25-14-15-34(2)18-25/h3-13,16-17,19,25,29,31,33H,1,14-15,18H2,2H3,(H,32,35). The Morgan fingerprint density at radius 2 is 1.86 bits per heavy atom. The van der Waals surface area contributed by atoms with Crippen LogP contribution >= 0.6 is 0 Å². The fourth-order valence-corrected chi connectivity index (χ4v) is 4.22.